The predicted octanol–water partition coefficient (Wildman–Crippen LogP) is -0.367. The first-order valence-electron chi connectivity index (χ1n) is 5.74. The quantitative estimate of drug-likeness (QED) is 0.550. The van der Waals surface area contributed by atoms with Gasteiger partial charge in [0.25, 0.3) is 0 Å². The number of ether oxygens (including phenoxy) is 1. The maximum atomic E-state index is 11.4. The van der Waals surface area contributed by atoms with Gasteiger partial charge in [0.2, 0.25) is 5.91 Å². The van der Waals surface area contributed by atoms with Gasteiger partial charge in [0.15, 0.2) is 0 Å². The largest absolute Gasteiger partial charge is 0.383 e. The molecule has 5 heteroatoms. The number of carbonyl (C=O) groups excluding carboxylic acids is 1. The molecule has 1 N–H and O–H groups in total. The number of amides is 1. The van der Waals surface area contributed by atoms with Gasteiger partial charge in [-0.05, 0) is 14.0 Å². The lowest BCUT2D eigenvalue weighted by molar-refractivity contribution is -0.128. The molecule has 0 fully saturated rings. The first-order valence-corrected chi connectivity index (χ1v) is 5.74. The molecule has 0 aromatic carbocycles. The summed E-state index contributed by atoms with van der Waals surface area (Å²) in [6, 6.07) is 0. The molecule has 0 spiro atoms. The molecule has 0 aliphatic rings. The highest BCUT2D eigenvalue weighted by molar-refractivity contribution is 5.77. The van der Waals surface area contributed by atoms with Crippen LogP contribution < -0.4 is 5.32 Å². The van der Waals surface area contributed by atoms with Gasteiger partial charge in [-0.15, -0.1) is 0 Å². The number of nitrogens with one attached hydrogen (secondary N) is 1. The third-order valence-electron chi connectivity index (χ3n) is 2.52. The van der Waals surface area contributed by atoms with Gasteiger partial charge in [-0.25, -0.2) is 0 Å². The summed E-state index contributed by atoms with van der Waals surface area (Å²) in [5.74, 6) is 0.141. The molecule has 1 amide bonds. The van der Waals surface area contributed by atoms with Crippen LogP contribution >= 0.6 is 0 Å². The van der Waals surface area contributed by atoms with E-state index in [2.05, 4.69) is 10.2 Å². The maximum absolute atomic E-state index is 11.4. The van der Waals surface area contributed by atoms with E-state index in [1.54, 1.807) is 12.0 Å². The second kappa shape index (κ2) is 9.57. The van der Waals surface area contributed by atoms with Crippen LogP contribution in [-0.4, -0.2) is 76.2 Å². The minimum absolute atomic E-state index is 0.141. The summed E-state index contributed by atoms with van der Waals surface area (Å²) >= 11 is 0. The maximum Gasteiger partial charge on any atom is 0.236 e. The third-order valence-corrected chi connectivity index (χ3v) is 2.52. The van der Waals surface area contributed by atoms with Crippen molar-refractivity contribution >= 4 is 5.91 Å². The van der Waals surface area contributed by atoms with E-state index < -0.39 is 0 Å². The Labute approximate surface area is 98.7 Å². The van der Waals surface area contributed by atoms with Gasteiger partial charge in [0, 0.05) is 40.3 Å². The van der Waals surface area contributed by atoms with Crippen molar-refractivity contribution in [1.82, 2.24) is 15.1 Å². The van der Waals surface area contributed by atoms with E-state index in [-0.39, 0.29) is 5.91 Å². The lowest BCUT2D eigenvalue weighted by atomic mass is 10.4. The Hall–Kier alpha value is -0.650. The zero-order chi connectivity index (χ0) is 12.4. The summed E-state index contributed by atoms with van der Waals surface area (Å²) in [7, 11) is 5.56. The number of rotatable bonds is 9. The molecule has 96 valence electrons. The summed E-state index contributed by atoms with van der Waals surface area (Å²) in [6.07, 6.45) is 0. The minimum atomic E-state index is 0.141. The van der Waals surface area contributed by atoms with E-state index in [0.29, 0.717) is 6.54 Å². The van der Waals surface area contributed by atoms with E-state index >= 15 is 0 Å². The van der Waals surface area contributed by atoms with Gasteiger partial charge in [-0.2, -0.15) is 0 Å². The predicted molar refractivity (Wildman–Crippen MR) is 65.6 cm³/mol. The number of hydrogen-bond donors (Lipinski definition) is 1. The van der Waals surface area contributed by atoms with Gasteiger partial charge in [0.05, 0.1) is 13.2 Å². The number of methoxy groups -OCH3 is 1. The Bertz CT molecular complexity index is 188. The van der Waals surface area contributed by atoms with Gasteiger partial charge in [-0.1, -0.05) is 0 Å². The number of hydrogen-bond acceptors (Lipinski definition) is 4. The van der Waals surface area contributed by atoms with E-state index in [4.69, 9.17) is 4.74 Å². The smallest absolute Gasteiger partial charge is 0.236 e. The molecule has 0 aromatic heterocycles. The SMILES string of the molecule is CCN(C)C(=O)CNCCN(C)CCOC. The van der Waals surface area contributed by atoms with Crippen LogP contribution in [0.1, 0.15) is 6.92 Å². The highest BCUT2D eigenvalue weighted by Crippen LogP contribution is 1.83. The second-order valence-corrected chi connectivity index (χ2v) is 3.88. The monoisotopic (exact) mass is 231 g/mol. The molecule has 5 nitrogen and oxygen atoms in total. The molecule has 0 aliphatic carbocycles. The second-order valence-electron chi connectivity index (χ2n) is 3.88. The Morgan fingerprint density at radius 2 is 2.00 bits per heavy atom. The molecule has 0 unspecified atom stereocenters. The number of nitrogens with zero attached hydrogens (tertiary/aromatic N) is 2. The van der Waals surface area contributed by atoms with Crippen LogP contribution in [0.2, 0.25) is 0 Å². The number of likely N-dealkylation sites (N-methyl/N-ethyl adjacent to an activating group) is 2. The van der Waals surface area contributed by atoms with Crippen LogP contribution in [0.3, 0.4) is 0 Å². The van der Waals surface area contributed by atoms with Crippen molar-refractivity contribution < 1.29 is 9.53 Å². The molecule has 0 bridgehead atoms. The number of carbonyl (C=O) groups is 1. The van der Waals surface area contributed by atoms with Gasteiger partial charge in [-0.3, -0.25) is 4.79 Å². The van der Waals surface area contributed by atoms with Crippen molar-refractivity contribution in [3.63, 3.8) is 0 Å². The van der Waals surface area contributed by atoms with E-state index in [9.17, 15) is 4.79 Å². The highest BCUT2D eigenvalue weighted by atomic mass is 16.5. The molecule has 0 heterocycles. The first-order chi connectivity index (χ1) is 7.61. The van der Waals surface area contributed by atoms with Crippen LogP contribution in [0.15, 0.2) is 0 Å². The molecule has 0 radical (unpaired) electrons. The fraction of sp³-hybridized carbons (Fsp3) is 0.909. The summed E-state index contributed by atoms with van der Waals surface area (Å²) in [4.78, 5) is 15.3. The third kappa shape index (κ3) is 7.62. The van der Waals surface area contributed by atoms with Gasteiger partial charge >= 0.3 is 0 Å². The summed E-state index contributed by atoms with van der Waals surface area (Å²) in [6.45, 7) is 6.55. The Balaban J connectivity index is 3.42. The normalized spacial score (nSPS) is 10.8. The van der Waals surface area contributed by atoms with Crippen molar-refractivity contribution in [3.8, 4) is 0 Å². The van der Waals surface area contributed by atoms with Crippen molar-refractivity contribution in [2.45, 2.75) is 6.92 Å². The van der Waals surface area contributed by atoms with Crippen molar-refractivity contribution in [2.75, 3.05) is 60.5 Å². The molecular formula is C11H25N3O2. The molecule has 0 aromatic rings. The van der Waals surface area contributed by atoms with Gasteiger partial charge < -0.3 is 19.9 Å². The van der Waals surface area contributed by atoms with Crippen LogP contribution in [0.25, 0.3) is 0 Å². The van der Waals surface area contributed by atoms with Crippen molar-refractivity contribution in [3.05, 3.63) is 0 Å². The summed E-state index contributed by atoms with van der Waals surface area (Å²) < 4.78 is 4.98. The fourth-order valence-corrected chi connectivity index (χ4v) is 1.14. The van der Waals surface area contributed by atoms with Crippen LogP contribution in [0.5, 0.6) is 0 Å². The summed E-state index contributed by atoms with van der Waals surface area (Å²) in [5.41, 5.74) is 0. The first kappa shape index (κ1) is 15.3. The van der Waals surface area contributed by atoms with Crippen LogP contribution in [-0.2, 0) is 9.53 Å². The molecular weight excluding hydrogens is 206 g/mol. The lowest BCUT2D eigenvalue weighted by Crippen LogP contribution is -2.38. The zero-order valence-electron chi connectivity index (χ0n) is 11.0. The molecule has 16 heavy (non-hydrogen) atoms. The molecule has 0 saturated heterocycles. The van der Waals surface area contributed by atoms with E-state index in [1.807, 2.05) is 21.0 Å². The molecule has 0 saturated carbocycles. The summed E-state index contributed by atoms with van der Waals surface area (Å²) in [5, 5.41) is 3.13. The van der Waals surface area contributed by atoms with Crippen molar-refractivity contribution in [2.24, 2.45) is 0 Å². The highest BCUT2D eigenvalue weighted by Gasteiger charge is 2.05. The molecule has 0 aliphatic heterocycles. The fourth-order valence-electron chi connectivity index (χ4n) is 1.14. The minimum Gasteiger partial charge on any atom is -0.383 e. The average Bonchev–Trinajstić information content (AvgIpc) is 2.30. The molecule has 0 rings (SSSR count). The Morgan fingerprint density at radius 3 is 2.56 bits per heavy atom. The lowest BCUT2D eigenvalue weighted by Gasteiger charge is -2.17. The van der Waals surface area contributed by atoms with Gasteiger partial charge in [0.1, 0.15) is 0 Å². The zero-order valence-corrected chi connectivity index (χ0v) is 11.0. The Kier molecular flexibility index (Phi) is 9.18. The topological polar surface area (TPSA) is 44.8 Å². The average molecular weight is 231 g/mol. The van der Waals surface area contributed by atoms with E-state index in [0.717, 1.165) is 32.8 Å². The Morgan fingerprint density at radius 1 is 1.31 bits per heavy atom. The molecule has 0 atom stereocenters. The van der Waals surface area contributed by atoms with E-state index in [1.165, 1.54) is 0 Å². The standard InChI is InChI=1S/C11H25N3O2/c1-5-14(3)11(15)10-12-6-7-13(2)8-9-16-4/h12H,5-10H2,1-4H3. The van der Waals surface area contributed by atoms with Crippen molar-refractivity contribution in [1.29, 1.82) is 0 Å². The van der Waals surface area contributed by atoms with Crippen LogP contribution in [0.4, 0.5) is 0 Å². The van der Waals surface area contributed by atoms with Crippen LogP contribution in [0, 0.1) is 0 Å².